The highest BCUT2D eigenvalue weighted by atomic mass is 32.1. The van der Waals surface area contributed by atoms with Crippen molar-refractivity contribution in [1.29, 1.82) is 0 Å². The van der Waals surface area contributed by atoms with Crippen molar-refractivity contribution < 1.29 is 23.8 Å². The Morgan fingerprint density at radius 3 is 2.91 bits per heavy atom. The highest BCUT2D eigenvalue weighted by Gasteiger charge is 2.27. The van der Waals surface area contributed by atoms with E-state index < -0.39 is 11.9 Å². The number of halogens is 1. The number of nitrogens with one attached hydrogen (secondary N) is 3. The smallest absolute Gasteiger partial charge is 0.262 e. The number of piperidine rings is 1. The van der Waals surface area contributed by atoms with Crippen LogP contribution in [0.1, 0.15) is 34.5 Å². The summed E-state index contributed by atoms with van der Waals surface area (Å²) in [7, 11) is 0. The second-order valence-corrected chi connectivity index (χ2v) is 9.79. The fourth-order valence-corrected chi connectivity index (χ4v) is 5.48. The van der Waals surface area contributed by atoms with Crippen LogP contribution < -0.4 is 20.7 Å². The molecule has 2 aliphatic heterocycles. The SMILES string of the molecule is Cc1c(C(=O)NC2CCNC[C@@H]2O)sc2ncnc(Nc3ccc(F)cc3OC3CCOCC3)c12. The number of ether oxygens (including phenoxy) is 2. The number of aliphatic hydroxyl groups is 1. The number of thiophene rings is 1. The standard InChI is InChI=1S/C24H28FN5O4S/c1-13-20-22(29-17-3-2-14(25)10-19(17)34-15-5-8-33-9-6-15)27-12-28-24(20)35-21(13)23(32)30-16-4-7-26-11-18(16)31/h2-3,10,12,15-16,18,26,31H,4-9,11H2,1H3,(H,30,32)(H,27,28,29)/t16?,18-/m0/s1. The lowest BCUT2D eigenvalue weighted by molar-refractivity contribution is 0.0257. The van der Waals surface area contributed by atoms with Gasteiger partial charge < -0.3 is 30.5 Å². The maximum atomic E-state index is 14.0. The topological polar surface area (TPSA) is 118 Å². The normalized spacial score (nSPS) is 21.1. The van der Waals surface area contributed by atoms with Gasteiger partial charge in [-0.1, -0.05) is 0 Å². The summed E-state index contributed by atoms with van der Waals surface area (Å²) < 4.78 is 25.5. The van der Waals surface area contributed by atoms with Crippen LogP contribution in [0.5, 0.6) is 5.75 Å². The van der Waals surface area contributed by atoms with E-state index in [1.807, 2.05) is 6.92 Å². The predicted molar refractivity (Wildman–Crippen MR) is 131 cm³/mol. The lowest BCUT2D eigenvalue weighted by atomic mass is 10.0. The van der Waals surface area contributed by atoms with Crippen LogP contribution in [0.4, 0.5) is 15.9 Å². The minimum absolute atomic E-state index is 0.0555. The van der Waals surface area contributed by atoms with E-state index in [1.165, 1.54) is 29.8 Å². The number of aliphatic hydroxyl groups excluding tert-OH is 1. The van der Waals surface area contributed by atoms with Crippen molar-refractivity contribution in [2.75, 3.05) is 31.6 Å². The zero-order chi connectivity index (χ0) is 24.4. The number of rotatable bonds is 6. The molecule has 2 saturated heterocycles. The number of aromatic nitrogens is 2. The summed E-state index contributed by atoms with van der Waals surface area (Å²) in [5.74, 6) is 0.270. The maximum Gasteiger partial charge on any atom is 0.262 e. The molecule has 1 aromatic carbocycles. The molecule has 4 N–H and O–H groups in total. The van der Waals surface area contributed by atoms with Gasteiger partial charge in [0, 0.05) is 25.5 Å². The van der Waals surface area contributed by atoms with Gasteiger partial charge in [0.2, 0.25) is 0 Å². The molecule has 2 aromatic heterocycles. The summed E-state index contributed by atoms with van der Waals surface area (Å²) in [6, 6.07) is 4.04. The number of nitrogens with zero attached hydrogens (tertiary/aromatic N) is 2. The highest BCUT2D eigenvalue weighted by molar-refractivity contribution is 7.20. The molecule has 11 heteroatoms. The molecule has 5 rings (SSSR count). The number of carbonyl (C=O) groups is 1. The summed E-state index contributed by atoms with van der Waals surface area (Å²) in [4.78, 5) is 23.0. The number of carbonyl (C=O) groups excluding carboxylic acids is 1. The Labute approximate surface area is 206 Å². The van der Waals surface area contributed by atoms with Crippen molar-refractivity contribution in [3.05, 3.63) is 40.8 Å². The van der Waals surface area contributed by atoms with Gasteiger partial charge in [0.25, 0.3) is 5.91 Å². The third-order valence-corrected chi connectivity index (χ3v) is 7.56. The minimum atomic E-state index is -0.632. The second-order valence-electron chi connectivity index (χ2n) is 8.79. The van der Waals surface area contributed by atoms with E-state index >= 15 is 0 Å². The van der Waals surface area contributed by atoms with Crippen LogP contribution >= 0.6 is 11.3 Å². The van der Waals surface area contributed by atoms with Gasteiger partial charge in [-0.05, 0) is 37.6 Å². The fourth-order valence-electron chi connectivity index (χ4n) is 4.43. The molecule has 0 bridgehead atoms. The van der Waals surface area contributed by atoms with Gasteiger partial charge in [-0.2, -0.15) is 0 Å². The number of fused-ring (bicyclic) bond motifs is 1. The number of anilines is 2. The van der Waals surface area contributed by atoms with Crippen molar-refractivity contribution in [2.45, 2.75) is 44.4 Å². The first kappa shape index (κ1) is 23.9. The van der Waals surface area contributed by atoms with Crippen LogP contribution in [0.2, 0.25) is 0 Å². The molecule has 2 atom stereocenters. The average Bonchev–Trinajstić information content (AvgIpc) is 3.20. The van der Waals surface area contributed by atoms with E-state index in [4.69, 9.17) is 9.47 Å². The molecular weight excluding hydrogens is 473 g/mol. The van der Waals surface area contributed by atoms with Crippen molar-refractivity contribution in [2.24, 2.45) is 0 Å². The van der Waals surface area contributed by atoms with Gasteiger partial charge in [0.15, 0.2) is 0 Å². The summed E-state index contributed by atoms with van der Waals surface area (Å²) >= 11 is 1.28. The zero-order valence-corrected chi connectivity index (χ0v) is 20.2. The van der Waals surface area contributed by atoms with Crippen molar-refractivity contribution in [3.63, 3.8) is 0 Å². The third kappa shape index (κ3) is 5.22. The van der Waals surface area contributed by atoms with Gasteiger partial charge in [0.1, 0.15) is 34.6 Å². The molecule has 2 fully saturated rings. The monoisotopic (exact) mass is 501 g/mol. The Hall–Kier alpha value is -2.86. The highest BCUT2D eigenvalue weighted by Crippen LogP contribution is 2.37. The maximum absolute atomic E-state index is 14.0. The van der Waals surface area contributed by atoms with E-state index in [0.29, 0.717) is 53.1 Å². The summed E-state index contributed by atoms with van der Waals surface area (Å²) in [5.41, 5.74) is 1.32. The van der Waals surface area contributed by atoms with Gasteiger partial charge in [-0.3, -0.25) is 4.79 Å². The largest absolute Gasteiger partial charge is 0.488 e. The number of hydrogen-bond donors (Lipinski definition) is 4. The van der Waals surface area contributed by atoms with Crippen molar-refractivity contribution in [3.8, 4) is 5.75 Å². The summed E-state index contributed by atoms with van der Waals surface area (Å²) in [5, 5.41) is 20.2. The second kappa shape index (κ2) is 10.4. The van der Waals surface area contributed by atoms with Crippen LogP contribution in [-0.4, -0.2) is 65.5 Å². The Bertz CT molecular complexity index is 1220. The van der Waals surface area contributed by atoms with E-state index in [2.05, 4.69) is 25.9 Å². The van der Waals surface area contributed by atoms with E-state index in [1.54, 1.807) is 6.07 Å². The van der Waals surface area contributed by atoms with Gasteiger partial charge >= 0.3 is 0 Å². The average molecular weight is 502 g/mol. The lowest BCUT2D eigenvalue weighted by Gasteiger charge is -2.28. The molecule has 1 unspecified atom stereocenters. The summed E-state index contributed by atoms with van der Waals surface area (Å²) in [6.07, 6.45) is 2.88. The molecule has 35 heavy (non-hydrogen) atoms. The van der Waals surface area contributed by atoms with Gasteiger partial charge in [0.05, 0.1) is 41.3 Å². The molecule has 0 spiro atoms. The lowest BCUT2D eigenvalue weighted by Crippen LogP contribution is -2.52. The molecule has 9 nitrogen and oxygen atoms in total. The van der Waals surface area contributed by atoms with Crippen LogP contribution in [0.3, 0.4) is 0 Å². The molecule has 3 aromatic rings. The van der Waals surface area contributed by atoms with Gasteiger partial charge in [-0.15, -0.1) is 11.3 Å². The van der Waals surface area contributed by atoms with Crippen LogP contribution in [0.25, 0.3) is 10.2 Å². The summed E-state index contributed by atoms with van der Waals surface area (Å²) in [6.45, 7) is 4.27. The Morgan fingerprint density at radius 1 is 1.29 bits per heavy atom. The number of aryl methyl sites for hydroxylation is 1. The first-order valence-corrected chi connectivity index (χ1v) is 12.6. The molecule has 2 aliphatic rings. The van der Waals surface area contributed by atoms with E-state index in [0.717, 1.165) is 30.3 Å². The van der Waals surface area contributed by atoms with Crippen molar-refractivity contribution in [1.82, 2.24) is 20.6 Å². The number of amides is 1. The molecule has 1 amide bonds. The number of hydrogen-bond acceptors (Lipinski definition) is 9. The van der Waals surface area contributed by atoms with Crippen LogP contribution in [0.15, 0.2) is 24.5 Å². The van der Waals surface area contributed by atoms with Gasteiger partial charge in [-0.25, -0.2) is 14.4 Å². The zero-order valence-electron chi connectivity index (χ0n) is 19.3. The molecular formula is C24H28FN5O4S. The quantitative estimate of drug-likeness (QED) is 0.407. The third-order valence-electron chi connectivity index (χ3n) is 6.36. The van der Waals surface area contributed by atoms with E-state index in [-0.39, 0.29) is 18.1 Å². The minimum Gasteiger partial charge on any atom is -0.488 e. The van der Waals surface area contributed by atoms with E-state index in [9.17, 15) is 14.3 Å². The predicted octanol–water partition coefficient (Wildman–Crippen LogP) is 2.89. The Morgan fingerprint density at radius 2 is 2.11 bits per heavy atom. The number of β-amino-alcohol motifs (C(OH)–C–C–N with tert-alkyl or cyclic N) is 1. The first-order valence-electron chi connectivity index (χ1n) is 11.7. The Balaban J connectivity index is 1.42. The fraction of sp³-hybridized carbons (Fsp3) is 0.458. The molecule has 186 valence electrons. The molecule has 4 heterocycles. The number of benzene rings is 1. The first-order chi connectivity index (χ1) is 17.0. The van der Waals surface area contributed by atoms with Crippen molar-refractivity contribution >= 4 is 39.0 Å². The molecule has 0 radical (unpaired) electrons. The van der Waals surface area contributed by atoms with Crippen LogP contribution in [-0.2, 0) is 4.74 Å². The molecule has 0 saturated carbocycles. The molecule has 0 aliphatic carbocycles. The Kier molecular flexibility index (Phi) is 7.09. The van der Waals surface area contributed by atoms with Crippen LogP contribution in [0, 0.1) is 12.7 Å².